The van der Waals surface area contributed by atoms with E-state index in [4.69, 9.17) is 22.1 Å². The molecule has 0 aliphatic carbocycles. The van der Waals surface area contributed by atoms with Crippen LogP contribution in [0.2, 0.25) is 5.02 Å². The number of ether oxygens (including phenoxy) is 1. The van der Waals surface area contributed by atoms with Gasteiger partial charge in [-0.2, -0.15) is 0 Å². The zero-order valence-electron chi connectivity index (χ0n) is 8.77. The Labute approximate surface area is 98.8 Å². The Hall–Kier alpha value is -1.74. The Bertz CT molecular complexity index is 514. The van der Waals surface area contributed by atoms with E-state index >= 15 is 0 Å². The van der Waals surface area contributed by atoms with E-state index in [0.29, 0.717) is 22.3 Å². The molecular weight excluding hydrogens is 224 g/mol. The number of halogens is 1. The smallest absolute Gasteiger partial charge is 0.219 e. The molecule has 0 spiro atoms. The third-order valence-electron chi connectivity index (χ3n) is 2.05. The van der Waals surface area contributed by atoms with Crippen LogP contribution in [0.1, 0.15) is 5.69 Å². The lowest BCUT2D eigenvalue weighted by Gasteiger charge is -2.08. The van der Waals surface area contributed by atoms with Crippen molar-refractivity contribution in [1.29, 1.82) is 0 Å². The molecule has 0 saturated heterocycles. The van der Waals surface area contributed by atoms with Crippen LogP contribution in [-0.4, -0.2) is 4.98 Å². The molecule has 3 nitrogen and oxygen atoms in total. The van der Waals surface area contributed by atoms with Crippen LogP contribution in [0.4, 0.5) is 5.69 Å². The Kier molecular flexibility index (Phi) is 2.97. The van der Waals surface area contributed by atoms with Crippen LogP contribution < -0.4 is 10.5 Å². The third-order valence-corrected chi connectivity index (χ3v) is 2.29. The van der Waals surface area contributed by atoms with E-state index in [1.165, 1.54) is 0 Å². The van der Waals surface area contributed by atoms with Gasteiger partial charge in [-0.3, -0.25) is 0 Å². The van der Waals surface area contributed by atoms with E-state index in [1.807, 2.05) is 19.1 Å². The fourth-order valence-electron chi connectivity index (χ4n) is 1.28. The van der Waals surface area contributed by atoms with E-state index in [1.54, 1.807) is 24.3 Å². The van der Waals surface area contributed by atoms with Crippen molar-refractivity contribution in [3.8, 4) is 11.6 Å². The van der Waals surface area contributed by atoms with E-state index < -0.39 is 0 Å². The highest BCUT2D eigenvalue weighted by Crippen LogP contribution is 2.29. The molecular formula is C12H11ClN2O. The molecule has 2 N–H and O–H groups in total. The second kappa shape index (κ2) is 4.41. The van der Waals surface area contributed by atoms with Crippen LogP contribution in [0.3, 0.4) is 0 Å². The van der Waals surface area contributed by atoms with Crippen LogP contribution in [0.15, 0.2) is 36.4 Å². The van der Waals surface area contributed by atoms with Crippen molar-refractivity contribution >= 4 is 17.3 Å². The molecule has 1 heterocycles. The number of hydrogen-bond acceptors (Lipinski definition) is 3. The summed E-state index contributed by atoms with van der Waals surface area (Å²) in [6, 6.07) is 10.6. The van der Waals surface area contributed by atoms with Gasteiger partial charge in [0.05, 0.1) is 5.69 Å². The number of benzene rings is 1. The second-order valence-electron chi connectivity index (χ2n) is 3.40. The molecule has 0 amide bonds. The third kappa shape index (κ3) is 2.44. The first-order chi connectivity index (χ1) is 7.65. The van der Waals surface area contributed by atoms with Crippen LogP contribution in [0.25, 0.3) is 0 Å². The lowest BCUT2D eigenvalue weighted by Crippen LogP contribution is -1.94. The molecule has 82 valence electrons. The number of aryl methyl sites for hydroxylation is 1. The number of anilines is 1. The number of nitrogen functional groups attached to an aromatic ring is 1. The summed E-state index contributed by atoms with van der Waals surface area (Å²) >= 11 is 5.86. The van der Waals surface area contributed by atoms with Gasteiger partial charge in [-0.1, -0.05) is 17.7 Å². The maximum absolute atomic E-state index is 5.86. The Balaban J connectivity index is 2.30. The average Bonchev–Trinajstić information content (AvgIpc) is 2.24. The molecule has 0 aliphatic rings. The largest absolute Gasteiger partial charge is 0.437 e. The molecule has 16 heavy (non-hydrogen) atoms. The summed E-state index contributed by atoms with van der Waals surface area (Å²) in [5.74, 6) is 1.03. The van der Waals surface area contributed by atoms with Crippen LogP contribution in [-0.2, 0) is 0 Å². The number of hydrogen-bond donors (Lipinski definition) is 1. The monoisotopic (exact) mass is 234 g/mol. The summed E-state index contributed by atoms with van der Waals surface area (Å²) in [7, 11) is 0. The van der Waals surface area contributed by atoms with Gasteiger partial charge < -0.3 is 10.5 Å². The first kappa shape index (κ1) is 10.8. The summed E-state index contributed by atoms with van der Waals surface area (Å²) < 4.78 is 5.55. The minimum absolute atomic E-state index is 0.508. The predicted octanol–water partition coefficient (Wildman–Crippen LogP) is 3.42. The van der Waals surface area contributed by atoms with Crippen molar-refractivity contribution in [2.24, 2.45) is 0 Å². The van der Waals surface area contributed by atoms with E-state index in [2.05, 4.69) is 4.98 Å². The number of pyridine rings is 1. The molecule has 0 aliphatic heterocycles. The Morgan fingerprint density at radius 3 is 2.81 bits per heavy atom. The molecule has 2 rings (SSSR count). The van der Waals surface area contributed by atoms with Crippen molar-refractivity contribution in [3.05, 3.63) is 47.1 Å². The average molecular weight is 235 g/mol. The maximum Gasteiger partial charge on any atom is 0.219 e. The maximum atomic E-state index is 5.86. The molecule has 0 bridgehead atoms. The van der Waals surface area contributed by atoms with Crippen LogP contribution in [0.5, 0.6) is 11.6 Å². The zero-order chi connectivity index (χ0) is 11.5. The van der Waals surface area contributed by atoms with Gasteiger partial charge in [0, 0.05) is 22.8 Å². The standard InChI is InChI=1S/C12H11ClN2O/c1-8-3-2-4-12(15-8)16-11-7-9(13)5-6-10(11)14/h2-7H,14H2,1H3. The van der Waals surface area contributed by atoms with Crippen molar-refractivity contribution in [2.45, 2.75) is 6.92 Å². The summed E-state index contributed by atoms with van der Waals surface area (Å²) in [5, 5.41) is 0.580. The highest BCUT2D eigenvalue weighted by molar-refractivity contribution is 6.30. The number of nitrogens with two attached hydrogens (primary N) is 1. The first-order valence-corrected chi connectivity index (χ1v) is 5.19. The number of rotatable bonds is 2. The van der Waals surface area contributed by atoms with Crippen molar-refractivity contribution in [1.82, 2.24) is 4.98 Å². The highest BCUT2D eigenvalue weighted by atomic mass is 35.5. The second-order valence-corrected chi connectivity index (χ2v) is 3.84. The van der Waals surface area contributed by atoms with E-state index in [-0.39, 0.29) is 0 Å². The quantitative estimate of drug-likeness (QED) is 0.810. The Morgan fingerprint density at radius 2 is 2.06 bits per heavy atom. The minimum atomic E-state index is 0.508. The zero-order valence-corrected chi connectivity index (χ0v) is 9.53. The molecule has 0 saturated carbocycles. The minimum Gasteiger partial charge on any atom is -0.437 e. The van der Waals surface area contributed by atoms with Crippen LogP contribution >= 0.6 is 11.6 Å². The predicted molar refractivity (Wildman–Crippen MR) is 64.9 cm³/mol. The fraction of sp³-hybridized carbons (Fsp3) is 0.0833. The molecule has 4 heteroatoms. The molecule has 0 unspecified atom stereocenters. The number of nitrogens with zero attached hydrogens (tertiary/aromatic N) is 1. The van der Waals surface area contributed by atoms with Gasteiger partial charge in [0.2, 0.25) is 5.88 Å². The summed E-state index contributed by atoms with van der Waals surface area (Å²) in [4.78, 5) is 4.22. The van der Waals surface area contributed by atoms with Gasteiger partial charge in [-0.25, -0.2) is 4.98 Å². The van der Waals surface area contributed by atoms with Gasteiger partial charge in [0.25, 0.3) is 0 Å². The summed E-state index contributed by atoms with van der Waals surface area (Å²) in [5.41, 5.74) is 7.19. The van der Waals surface area contributed by atoms with Crippen LogP contribution in [0, 0.1) is 6.92 Å². The van der Waals surface area contributed by atoms with Gasteiger partial charge in [0.15, 0.2) is 5.75 Å². The van der Waals surface area contributed by atoms with Gasteiger partial charge in [0.1, 0.15) is 0 Å². The molecule has 0 atom stereocenters. The lowest BCUT2D eigenvalue weighted by atomic mass is 10.3. The van der Waals surface area contributed by atoms with Gasteiger partial charge in [-0.05, 0) is 25.1 Å². The molecule has 0 fully saturated rings. The molecule has 1 aromatic heterocycles. The lowest BCUT2D eigenvalue weighted by molar-refractivity contribution is 0.464. The normalized spacial score (nSPS) is 10.1. The first-order valence-electron chi connectivity index (χ1n) is 4.82. The topological polar surface area (TPSA) is 48.1 Å². The van der Waals surface area contributed by atoms with Crippen molar-refractivity contribution in [3.63, 3.8) is 0 Å². The molecule has 1 aromatic carbocycles. The van der Waals surface area contributed by atoms with Crippen molar-refractivity contribution in [2.75, 3.05) is 5.73 Å². The summed E-state index contributed by atoms with van der Waals surface area (Å²) in [6.45, 7) is 1.90. The summed E-state index contributed by atoms with van der Waals surface area (Å²) in [6.07, 6.45) is 0. The number of aromatic nitrogens is 1. The van der Waals surface area contributed by atoms with E-state index in [9.17, 15) is 0 Å². The van der Waals surface area contributed by atoms with Crippen molar-refractivity contribution < 1.29 is 4.74 Å². The highest BCUT2D eigenvalue weighted by Gasteiger charge is 2.04. The fourth-order valence-corrected chi connectivity index (χ4v) is 1.45. The van der Waals surface area contributed by atoms with Gasteiger partial charge in [-0.15, -0.1) is 0 Å². The van der Waals surface area contributed by atoms with Gasteiger partial charge >= 0.3 is 0 Å². The Morgan fingerprint density at radius 1 is 1.25 bits per heavy atom. The SMILES string of the molecule is Cc1cccc(Oc2cc(Cl)ccc2N)n1. The molecule has 0 radical (unpaired) electrons. The van der Waals surface area contributed by atoms with E-state index in [0.717, 1.165) is 5.69 Å². The molecule has 2 aromatic rings.